The lowest BCUT2D eigenvalue weighted by Crippen LogP contribution is -2.28. The van der Waals surface area contributed by atoms with Gasteiger partial charge in [-0.2, -0.15) is 4.98 Å². The van der Waals surface area contributed by atoms with Crippen molar-refractivity contribution in [3.05, 3.63) is 88.5 Å². The minimum Gasteiger partial charge on any atom is -0.333 e. The van der Waals surface area contributed by atoms with E-state index in [-0.39, 0.29) is 18.3 Å². The maximum atomic E-state index is 12.9. The van der Waals surface area contributed by atoms with Gasteiger partial charge in [-0.05, 0) is 49.2 Å². The minimum atomic E-state index is -0.437. The smallest absolute Gasteiger partial charge is 0.333 e. The fourth-order valence-electron chi connectivity index (χ4n) is 3.75. The molecule has 1 N–H and O–H groups in total. The number of aryl methyl sites for hydroxylation is 2. The summed E-state index contributed by atoms with van der Waals surface area (Å²) < 4.78 is 7.96. The Balaban J connectivity index is 1.44. The van der Waals surface area contributed by atoms with Gasteiger partial charge in [-0.15, -0.1) is 5.10 Å². The molecule has 5 rings (SSSR count). The van der Waals surface area contributed by atoms with E-state index < -0.39 is 5.69 Å². The molecular formula is C25H22N6O3. The Morgan fingerprint density at radius 1 is 1.09 bits per heavy atom. The first-order chi connectivity index (χ1) is 16.5. The summed E-state index contributed by atoms with van der Waals surface area (Å²) in [6, 6.07) is 18.8. The van der Waals surface area contributed by atoms with Crippen LogP contribution in [0.25, 0.3) is 28.5 Å². The number of aromatic nitrogens is 5. The summed E-state index contributed by atoms with van der Waals surface area (Å²) in [6.45, 7) is 3.80. The predicted octanol–water partition coefficient (Wildman–Crippen LogP) is 3.72. The van der Waals surface area contributed by atoms with Crippen molar-refractivity contribution >= 4 is 17.2 Å². The van der Waals surface area contributed by atoms with Crippen LogP contribution in [0.3, 0.4) is 0 Å². The fourth-order valence-corrected chi connectivity index (χ4v) is 3.75. The average molecular weight is 454 g/mol. The normalized spacial score (nSPS) is 11.1. The molecule has 9 nitrogen and oxygen atoms in total. The van der Waals surface area contributed by atoms with E-state index in [9.17, 15) is 9.59 Å². The summed E-state index contributed by atoms with van der Waals surface area (Å²) in [4.78, 5) is 30.0. The monoisotopic (exact) mass is 454 g/mol. The topological polar surface area (TPSA) is 107 Å². The van der Waals surface area contributed by atoms with Gasteiger partial charge < -0.3 is 9.84 Å². The molecule has 3 heterocycles. The van der Waals surface area contributed by atoms with Gasteiger partial charge >= 0.3 is 5.69 Å². The lowest BCUT2D eigenvalue weighted by molar-refractivity contribution is -0.117. The van der Waals surface area contributed by atoms with Crippen molar-refractivity contribution in [3.8, 4) is 22.8 Å². The maximum Gasteiger partial charge on any atom is 0.350 e. The molecule has 2 aromatic carbocycles. The number of amides is 1. The second-order valence-corrected chi connectivity index (χ2v) is 7.95. The van der Waals surface area contributed by atoms with Gasteiger partial charge in [0.1, 0.15) is 6.54 Å². The molecule has 0 unspecified atom stereocenters. The van der Waals surface area contributed by atoms with Gasteiger partial charge in [-0.25, -0.2) is 13.9 Å². The molecule has 0 aliphatic carbocycles. The number of pyridine rings is 1. The molecule has 0 saturated carbocycles. The molecule has 0 spiro atoms. The summed E-state index contributed by atoms with van der Waals surface area (Å²) in [5.74, 6) is 0.330. The third-order valence-electron chi connectivity index (χ3n) is 5.45. The zero-order chi connectivity index (χ0) is 23.7. The zero-order valence-corrected chi connectivity index (χ0v) is 18.7. The van der Waals surface area contributed by atoms with E-state index >= 15 is 0 Å². The number of fused-ring (bicyclic) bond motifs is 1. The van der Waals surface area contributed by atoms with Crippen LogP contribution in [0.15, 0.2) is 76.2 Å². The second kappa shape index (κ2) is 8.78. The molecule has 170 valence electrons. The number of nitrogens with one attached hydrogen (secondary N) is 1. The van der Waals surface area contributed by atoms with Crippen molar-refractivity contribution < 1.29 is 9.32 Å². The number of nitrogens with zero attached hydrogens (tertiary/aromatic N) is 5. The summed E-state index contributed by atoms with van der Waals surface area (Å²) >= 11 is 0. The molecule has 1 amide bonds. The molecule has 0 aliphatic heterocycles. The molecular weight excluding hydrogens is 432 g/mol. The van der Waals surface area contributed by atoms with Crippen LogP contribution in [0.2, 0.25) is 0 Å². The van der Waals surface area contributed by atoms with Crippen LogP contribution >= 0.6 is 0 Å². The van der Waals surface area contributed by atoms with Crippen LogP contribution in [0, 0.1) is 6.92 Å². The summed E-state index contributed by atoms with van der Waals surface area (Å²) in [5, 5.41) is 11.3. The molecule has 34 heavy (non-hydrogen) atoms. The van der Waals surface area contributed by atoms with Crippen molar-refractivity contribution in [2.45, 2.75) is 26.8 Å². The van der Waals surface area contributed by atoms with Crippen LogP contribution in [-0.2, 0) is 17.8 Å². The van der Waals surface area contributed by atoms with Crippen LogP contribution < -0.4 is 11.0 Å². The molecule has 9 heteroatoms. The molecule has 0 atom stereocenters. The van der Waals surface area contributed by atoms with Gasteiger partial charge in [0.25, 0.3) is 5.89 Å². The number of hydrogen-bond donors (Lipinski definition) is 1. The highest BCUT2D eigenvalue weighted by Gasteiger charge is 2.18. The number of benzene rings is 2. The average Bonchev–Trinajstić information content (AvgIpc) is 3.45. The van der Waals surface area contributed by atoms with Crippen molar-refractivity contribution in [2.75, 3.05) is 5.32 Å². The number of carbonyl (C=O) groups is 1. The van der Waals surface area contributed by atoms with E-state index in [1.54, 1.807) is 18.3 Å². The molecule has 5 aromatic rings. The highest BCUT2D eigenvalue weighted by atomic mass is 16.5. The summed E-state index contributed by atoms with van der Waals surface area (Å²) in [5.41, 5.74) is 4.08. The standard InChI is InChI=1S/C25H22N6O3/c1-3-17-8-5-10-19(14-17)26-21(32)15-31-25(33)30-12-6-11-20(23(30)28-31)24-27-22(29-34-24)18-9-4-7-16(2)13-18/h4-14H,3,15H2,1-2H3,(H,26,32). The van der Waals surface area contributed by atoms with E-state index in [0.717, 1.165) is 27.8 Å². The van der Waals surface area contributed by atoms with Gasteiger partial charge in [-0.1, -0.05) is 48.0 Å². The van der Waals surface area contributed by atoms with Crippen LogP contribution in [0.5, 0.6) is 0 Å². The predicted molar refractivity (Wildman–Crippen MR) is 127 cm³/mol. The highest BCUT2D eigenvalue weighted by molar-refractivity contribution is 5.90. The molecule has 0 bridgehead atoms. The Hall–Kier alpha value is -4.53. The van der Waals surface area contributed by atoms with E-state index in [4.69, 9.17) is 4.52 Å². The first-order valence-electron chi connectivity index (χ1n) is 10.9. The van der Waals surface area contributed by atoms with E-state index in [2.05, 4.69) is 20.6 Å². The van der Waals surface area contributed by atoms with Gasteiger partial charge in [0.05, 0.1) is 5.56 Å². The van der Waals surface area contributed by atoms with Crippen molar-refractivity contribution in [1.82, 2.24) is 24.3 Å². The Bertz CT molecular complexity index is 1560. The maximum absolute atomic E-state index is 12.9. The molecule has 0 saturated heterocycles. The summed E-state index contributed by atoms with van der Waals surface area (Å²) in [6.07, 6.45) is 2.45. The molecule has 3 aromatic heterocycles. The lowest BCUT2D eigenvalue weighted by Gasteiger charge is -2.06. The first kappa shape index (κ1) is 21.3. The molecule has 0 fully saturated rings. The lowest BCUT2D eigenvalue weighted by atomic mass is 10.1. The SMILES string of the molecule is CCc1cccc(NC(=O)Cn2nc3c(-c4nc(-c5cccc(C)c5)no4)cccn3c2=O)c1. The Kier molecular flexibility index (Phi) is 5.51. The van der Waals surface area contributed by atoms with Crippen molar-refractivity contribution in [3.63, 3.8) is 0 Å². The Morgan fingerprint density at radius 2 is 1.94 bits per heavy atom. The number of hydrogen-bond acceptors (Lipinski definition) is 6. The van der Waals surface area contributed by atoms with Gasteiger partial charge in [0, 0.05) is 17.4 Å². The Morgan fingerprint density at radius 3 is 2.76 bits per heavy atom. The van der Waals surface area contributed by atoms with Gasteiger partial charge in [0.2, 0.25) is 11.7 Å². The number of rotatable bonds is 6. The zero-order valence-electron chi connectivity index (χ0n) is 18.7. The quantitative estimate of drug-likeness (QED) is 0.419. The minimum absolute atomic E-state index is 0.227. The Labute approximate surface area is 194 Å². The highest BCUT2D eigenvalue weighted by Crippen LogP contribution is 2.25. The first-order valence-corrected chi connectivity index (χ1v) is 10.9. The molecule has 0 radical (unpaired) electrons. The third kappa shape index (κ3) is 4.11. The largest absolute Gasteiger partial charge is 0.350 e. The molecule has 0 aliphatic rings. The van der Waals surface area contributed by atoms with Crippen molar-refractivity contribution in [2.24, 2.45) is 0 Å². The van der Waals surface area contributed by atoms with Crippen LogP contribution in [0.4, 0.5) is 5.69 Å². The summed E-state index contributed by atoms with van der Waals surface area (Å²) in [7, 11) is 0. The van der Waals surface area contributed by atoms with Crippen molar-refractivity contribution in [1.29, 1.82) is 0 Å². The fraction of sp³-hybridized carbons (Fsp3) is 0.160. The van der Waals surface area contributed by atoms with Gasteiger partial charge in [0.15, 0.2) is 5.65 Å². The van der Waals surface area contributed by atoms with E-state index in [0.29, 0.717) is 22.7 Å². The van der Waals surface area contributed by atoms with Crippen LogP contribution in [0.1, 0.15) is 18.1 Å². The van der Waals surface area contributed by atoms with Crippen LogP contribution in [-0.4, -0.2) is 30.2 Å². The van der Waals surface area contributed by atoms with Gasteiger partial charge in [-0.3, -0.25) is 4.79 Å². The number of anilines is 1. The van der Waals surface area contributed by atoms with E-state index in [1.165, 1.54) is 4.40 Å². The second-order valence-electron chi connectivity index (χ2n) is 7.95. The number of carbonyl (C=O) groups excluding carboxylic acids is 1. The van der Waals surface area contributed by atoms with E-state index in [1.807, 2.05) is 62.4 Å². The third-order valence-corrected chi connectivity index (χ3v) is 5.45.